The summed E-state index contributed by atoms with van der Waals surface area (Å²) in [6, 6.07) is 7.59. The molecule has 1 aliphatic rings. The summed E-state index contributed by atoms with van der Waals surface area (Å²) in [5.74, 6) is -5.73. The molecular formula is C19H16F3NO3. The molecule has 1 saturated carbocycles. The Kier molecular flexibility index (Phi) is 4.97. The van der Waals surface area contributed by atoms with E-state index in [2.05, 4.69) is 5.32 Å². The molecule has 0 heterocycles. The maximum Gasteiger partial charge on any atom is 0.306 e. The van der Waals surface area contributed by atoms with E-state index in [1.54, 1.807) is 0 Å². The fourth-order valence-electron chi connectivity index (χ4n) is 3.14. The number of benzene rings is 2. The molecule has 1 amide bonds. The van der Waals surface area contributed by atoms with E-state index < -0.39 is 29.3 Å². The van der Waals surface area contributed by atoms with Gasteiger partial charge in [0.2, 0.25) is 0 Å². The van der Waals surface area contributed by atoms with Gasteiger partial charge >= 0.3 is 5.97 Å². The molecule has 2 N–H and O–H groups in total. The van der Waals surface area contributed by atoms with Crippen LogP contribution in [-0.2, 0) is 4.79 Å². The molecule has 2 aromatic carbocycles. The van der Waals surface area contributed by atoms with Gasteiger partial charge in [0, 0.05) is 11.6 Å². The Morgan fingerprint density at radius 2 is 1.58 bits per heavy atom. The fourth-order valence-corrected chi connectivity index (χ4v) is 3.14. The Morgan fingerprint density at radius 3 is 2.12 bits per heavy atom. The minimum atomic E-state index is -1.53. The smallest absolute Gasteiger partial charge is 0.306 e. The average Bonchev–Trinajstić information content (AvgIpc) is 3.08. The molecule has 3 rings (SSSR count). The number of carbonyl (C=O) groups excluding carboxylic acids is 1. The van der Waals surface area contributed by atoms with E-state index in [9.17, 15) is 22.8 Å². The van der Waals surface area contributed by atoms with Gasteiger partial charge in [0.05, 0.1) is 5.92 Å². The van der Waals surface area contributed by atoms with Crippen LogP contribution >= 0.6 is 0 Å². The molecule has 2 aromatic rings. The molecule has 0 unspecified atom stereocenters. The lowest BCUT2D eigenvalue weighted by atomic mass is 10.0. The molecule has 1 aliphatic carbocycles. The number of amides is 1. The maximum absolute atomic E-state index is 13.3. The number of halogens is 3. The number of carbonyl (C=O) groups is 2. The summed E-state index contributed by atoms with van der Waals surface area (Å²) in [7, 11) is 0. The molecule has 0 aliphatic heterocycles. The van der Waals surface area contributed by atoms with E-state index in [0.717, 1.165) is 12.1 Å². The van der Waals surface area contributed by atoms with Gasteiger partial charge in [0.15, 0.2) is 17.5 Å². The van der Waals surface area contributed by atoms with Crippen molar-refractivity contribution >= 4 is 11.9 Å². The van der Waals surface area contributed by atoms with Crippen LogP contribution in [0.25, 0.3) is 11.1 Å². The van der Waals surface area contributed by atoms with Crippen molar-refractivity contribution in [2.75, 3.05) is 0 Å². The van der Waals surface area contributed by atoms with Crippen molar-refractivity contribution in [3.63, 3.8) is 0 Å². The van der Waals surface area contributed by atoms with Gasteiger partial charge in [-0.3, -0.25) is 9.59 Å². The van der Waals surface area contributed by atoms with Crippen LogP contribution in [0.1, 0.15) is 29.6 Å². The first-order valence-electron chi connectivity index (χ1n) is 8.14. The second-order valence-corrected chi connectivity index (χ2v) is 6.35. The van der Waals surface area contributed by atoms with Crippen LogP contribution in [0.2, 0.25) is 0 Å². The standard InChI is InChI=1S/C19H16F3NO3/c20-15-8-13(9-16(21)17(15)22)10-1-3-11(4-2-10)18(24)23-14-6-5-12(7-14)19(25)26/h1-4,8-9,12,14H,5-7H2,(H,23,24)(H,25,26)/t12-,14+/m1/s1. The Bertz CT molecular complexity index is 829. The minimum Gasteiger partial charge on any atom is -0.481 e. The summed E-state index contributed by atoms with van der Waals surface area (Å²) in [5.41, 5.74) is 0.940. The van der Waals surface area contributed by atoms with Crippen LogP contribution < -0.4 is 5.32 Å². The van der Waals surface area contributed by atoms with Crippen molar-refractivity contribution in [2.24, 2.45) is 5.92 Å². The van der Waals surface area contributed by atoms with E-state index in [-0.39, 0.29) is 17.5 Å². The third-order valence-corrected chi connectivity index (χ3v) is 4.58. The van der Waals surface area contributed by atoms with Gasteiger partial charge in [-0.15, -0.1) is 0 Å². The second kappa shape index (κ2) is 7.19. The van der Waals surface area contributed by atoms with Crippen LogP contribution in [0.5, 0.6) is 0 Å². The number of carboxylic acids is 1. The topological polar surface area (TPSA) is 66.4 Å². The number of hydrogen-bond acceptors (Lipinski definition) is 2. The fraction of sp³-hybridized carbons (Fsp3) is 0.263. The quantitative estimate of drug-likeness (QED) is 0.813. The Hall–Kier alpha value is -2.83. The first-order chi connectivity index (χ1) is 12.3. The summed E-state index contributed by atoms with van der Waals surface area (Å²) in [5, 5.41) is 11.8. The molecule has 0 aromatic heterocycles. The normalized spacial score (nSPS) is 19.3. The van der Waals surface area contributed by atoms with Crippen LogP contribution in [0.4, 0.5) is 13.2 Å². The highest BCUT2D eigenvalue weighted by molar-refractivity contribution is 5.95. The van der Waals surface area contributed by atoms with Gasteiger partial charge in [-0.05, 0) is 54.7 Å². The molecule has 0 bridgehead atoms. The SMILES string of the molecule is O=C(N[C@H]1CC[C@@H](C(=O)O)C1)c1ccc(-c2cc(F)c(F)c(F)c2)cc1. The van der Waals surface area contributed by atoms with E-state index in [1.165, 1.54) is 24.3 Å². The number of hydrogen-bond donors (Lipinski definition) is 2. The monoisotopic (exact) mass is 363 g/mol. The summed E-state index contributed by atoms with van der Waals surface area (Å²) in [6.07, 6.45) is 1.53. The predicted octanol–water partition coefficient (Wildman–Crippen LogP) is 3.75. The lowest BCUT2D eigenvalue weighted by molar-refractivity contribution is -0.141. The van der Waals surface area contributed by atoms with Gasteiger partial charge in [-0.25, -0.2) is 13.2 Å². The first-order valence-corrected chi connectivity index (χ1v) is 8.14. The van der Waals surface area contributed by atoms with Crippen LogP contribution in [-0.4, -0.2) is 23.0 Å². The van der Waals surface area contributed by atoms with Gasteiger partial charge < -0.3 is 10.4 Å². The van der Waals surface area contributed by atoms with Crippen LogP contribution in [0.15, 0.2) is 36.4 Å². The molecular weight excluding hydrogens is 347 g/mol. The molecule has 136 valence electrons. The number of carboxylic acid groups (broad SMARTS) is 1. The van der Waals surface area contributed by atoms with Crippen LogP contribution in [0, 0.1) is 23.4 Å². The van der Waals surface area contributed by atoms with Crippen molar-refractivity contribution in [3.05, 3.63) is 59.4 Å². The van der Waals surface area contributed by atoms with Gasteiger partial charge in [-0.2, -0.15) is 0 Å². The highest BCUT2D eigenvalue weighted by atomic mass is 19.2. The number of rotatable bonds is 4. The lowest BCUT2D eigenvalue weighted by Crippen LogP contribution is -2.33. The third kappa shape index (κ3) is 3.71. The second-order valence-electron chi connectivity index (χ2n) is 6.35. The Balaban J connectivity index is 1.70. The molecule has 1 fully saturated rings. The van der Waals surface area contributed by atoms with E-state index >= 15 is 0 Å². The van der Waals surface area contributed by atoms with Crippen molar-refractivity contribution in [2.45, 2.75) is 25.3 Å². The Labute approximate surface area is 147 Å². The molecule has 4 nitrogen and oxygen atoms in total. The zero-order valence-corrected chi connectivity index (χ0v) is 13.6. The zero-order valence-electron chi connectivity index (χ0n) is 13.6. The van der Waals surface area contributed by atoms with Gasteiger partial charge in [0.1, 0.15) is 0 Å². The van der Waals surface area contributed by atoms with E-state index in [1.807, 2.05) is 0 Å². The van der Waals surface area contributed by atoms with Crippen molar-refractivity contribution in [1.82, 2.24) is 5.32 Å². The maximum atomic E-state index is 13.3. The third-order valence-electron chi connectivity index (χ3n) is 4.58. The highest BCUT2D eigenvalue weighted by Crippen LogP contribution is 2.27. The van der Waals surface area contributed by atoms with Crippen molar-refractivity contribution in [1.29, 1.82) is 0 Å². The summed E-state index contributed by atoms with van der Waals surface area (Å²) < 4.78 is 39.7. The zero-order chi connectivity index (χ0) is 18.8. The summed E-state index contributed by atoms with van der Waals surface area (Å²) in [6.45, 7) is 0. The molecule has 0 saturated heterocycles. The van der Waals surface area contributed by atoms with Gasteiger partial charge in [-0.1, -0.05) is 12.1 Å². The molecule has 0 radical (unpaired) electrons. The van der Waals surface area contributed by atoms with E-state index in [4.69, 9.17) is 5.11 Å². The minimum absolute atomic E-state index is 0.161. The Morgan fingerprint density at radius 1 is 0.962 bits per heavy atom. The van der Waals surface area contributed by atoms with Gasteiger partial charge in [0.25, 0.3) is 5.91 Å². The van der Waals surface area contributed by atoms with Crippen molar-refractivity contribution < 1.29 is 27.9 Å². The number of nitrogens with one attached hydrogen (secondary N) is 1. The highest BCUT2D eigenvalue weighted by Gasteiger charge is 2.30. The summed E-state index contributed by atoms with van der Waals surface area (Å²) >= 11 is 0. The molecule has 26 heavy (non-hydrogen) atoms. The largest absolute Gasteiger partial charge is 0.481 e. The first kappa shape index (κ1) is 18.0. The molecule has 0 spiro atoms. The van der Waals surface area contributed by atoms with Crippen LogP contribution in [0.3, 0.4) is 0 Å². The van der Waals surface area contributed by atoms with Crippen molar-refractivity contribution in [3.8, 4) is 11.1 Å². The molecule has 2 atom stereocenters. The lowest BCUT2D eigenvalue weighted by Gasteiger charge is -2.13. The predicted molar refractivity (Wildman–Crippen MR) is 88.0 cm³/mol. The average molecular weight is 363 g/mol. The molecule has 7 heteroatoms. The number of aliphatic carboxylic acids is 1. The summed E-state index contributed by atoms with van der Waals surface area (Å²) in [4.78, 5) is 23.2. The van der Waals surface area contributed by atoms with E-state index in [0.29, 0.717) is 30.4 Å².